The molecular weight excluding hydrogens is 315 g/mol. The van der Waals surface area contributed by atoms with Gasteiger partial charge in [0, 0.05) is 6.54 Å². The van der Waals surface area contributed by atoms with Crippen LogP contribution in [0.4, 0.5) is 13.2 Å². The highest BCUT2D eigenvalue weighted by atomic mass is 32.1. The lowest BCUT2D eigenvalue weighted by Crippen LogP contribution is -2.42. The molecule has 0 aliphatic carbocycles. The number of hydrogen-bond acceptors (Lipinski definition) is 5. The SMILES string of the molecule is CC(c1nc(-c2cccs2)no1)N1CCCC(C(F)(F)F)C1. The van der Waals surface area contributed by atoms with Crippen LogP contribution in [0, 0.1) is 5.92 Å². The fraction of sp³-hybridized carbons (Fsp3) is 0.571. The van der Waals surface area contributed by atoms with Crippen molar-refractivity contribution in [3.05, 3.63) is 23.4 Å². The van der Waals surface area contributed by atoms with Crippen LogP contribution in [-0.4, -0.2) is 34.3 Å². The number of halogens is 3. The Morgan fingerprint density at radius 3 is 2.95 bits per heavy atom. The van der Waals surface area contributed by atoms with E-state index in [2.05, 4.69) is 10.1 Å². The van der Waals surface area contributed by atoms with Crippen molar-refractivity contribution in [1.29, 1.82) is 0 Å². The molecule has 0 spiro atoms. The zero-order valence-electron chi connectivity index (χ0n) is 12.0. The van der Waals surface area contributed by atoms with Crippen LogP contribution in [0.1, 0.15) is 31.7 Å². The predicted octanol–water partition coefficient (Wildman–Crippen LogP) is 4.13. The Morgan fingerprint density at radius 1 is 1.45 bits per heavy atom. The largest absolute Gasteiger partial charge is 0.393 e. The summed E-state index contributed by atoms with van der Waals surface area (Å²) >= 11 is 1.49. The molecule has 2 aromatic heterocycles. The van der Waals surface area contributed by atoms with Crippen LogP contribution in [0.2, 0.25) is 0 Å². The molecule has 0 aromatic carbocycles. The van der Waals surface area contributed by atoms with Gasteiger partial charge in [-0.3, -0.25) is 4.90 Å². The summed E-state index contributed by atoms with van der Waals surface area (Å²) in [7, 11) is 0. The van der Waals surface area contributed by atoms with E-state index < -0.39 is 12.1 Å². The molecule has 0 amide bonds. The van der Waals surface area contributed by atoms with Gasteiger partial charge in [0.1, 0.15) is 0 Å². The Balaban J connectivity index is 1.72. The van der Waals surface area contributed by atoms with E-state index >= 15 is 0 Å². The summed E-state index contributed by atoms with van der Waals surface area (Å²) in [4.78, 5) is 6.98. The quantitative estimate of drug-likeness (QED) is 0.848. The third kappa shape index (κ3) is 3.17. The lowest BCUT2D eigenvalue weighted by atomic mass is 9.96. The van der Waals surface area contributed by atoms with Gasteiger partial charge in [-0.2, -0.15) is 18.2 Å². The molecule has 0 radical (unpaired) electrons. The molecule has 1 saturated heterocycles. The first kappa shape index (κ1) is 15.5. The maximum atomic E-state index is 12.9. The Labute approximate surface area is 129 Å². The molecule has 3 heterocycles. The van der Waals surface area contributed by atoms with Crippen LogP contribution in [0.5, 0.6) is 0 Å². The van der Waals surface area contributed by atoms with Crippen molar-refractivity contribution in [2.45, 2.75) is 32.0 Å². The van der Waals surface area contributed by atoms with Gasteiger partial charge in [0.2, 0.25) is 11.7 Å². The second-order valence-corrected chi connectivity index (χ2v) is 6.43. The van der Waals surface area contributed by atoms with E-state index in [4.69, 9.17) is 4.52 Å². The van der Waals surface area contributed by atoms with Gasteiger partial charge in [-0.1, -0.05) is 11.2 Å². The van der Waals surface area contributed by atoms with E-state index in [1.54, 1.807) is 4.90 Å². The monoisotopic (exact) mass is 331 g/mol. The zero-order valence-corrected chi connectivity index (χ0v) is 12.8. The first-order valence-corrected chi connectivity index (χ1v) is 8.01. The molecule has 2 unspecified atom stereocenters. The first-order valence-electron chi connectivity index (χ1n) is 7.13. The van der Waals surface area contributed by atoms with Crippen LogP contribution < -0.4 is 0 Å². The lowest BCUT2D eigenvalue weighted by Gasteiger charge is -2.36. The van der Waals surface area contributed by atoms with Crippen LogP contribution >= 0.6 is 11.3 Å². The molecule has 1 aliphatic heterocycles. The van der Waals surface area contributed by atoms with Crippen molar-refractivity contribution in [3.8, 4) is 10.7 Å². The van der Waals surface area contributed by atoms with Gasteiger partial charge in [0.15, 0.2) is 0 Å². The number of nitrogens with zero attached hydrogens (tertiary/aromatic N) is 3. The molecule has 3 rings (SSSR count). The molecule has 8 heteroatoms. The molecule has 1 aliphatic rings. The highest BCUT2D eigenvalue weighted by Gasteiger charge is 2.43. The number of likely N-dealkylation sites (tertiary alicyclic amines) is 1. The Morgan fingerprint density at radius 2 is 2.27 bits per heavy atom. The minimum Gasteiger partial charge on any atom is -0.337 e. The van der Waals surface area contributed by atoms with Crippen LogP contribution in [0.15, 0.2) is 22.0 Å². The van der Waals surface area contributed by atoms with E-state index in [1.807, 2.05) is 24.4 Å². The van der Waals surface area contributed by atoms with Gasteiger partial charge < -0.3 is 4.52 Å². The molecule has 4 nitrogen and oxygen atoms in total. The fourth-order valence-electron chi connectivity index (χ4n) is 2.69. The second-order valence-electron chi connectivity index (χ2n) is 5.49. The standard InChI is InChI=1S/C14H16F3N3OS/c1-9(20-6-2-4-10(8-20)14(15,16)17)13-18-12(19-21-13)11-5-3-7-22-11/h3,5,7,9-10H,2,4,6,8H2,1H3. The van der Waals surface area contributed by atoms with Gasteiger partial charge in [0.05, 0.1) is 16.8 Å². The van der Waals surface area contributed by atoms with E-state index in [9.17, 15) is 13.2 Å². The number of thiophene rings is 1. The molecule has 120 valence electrons. The van der Waals surface area contributed by atoms with Crippen molar-refractivity contribution in [2.24, 2.45) is 5.92 Å². The second kappa shape index (κ2) is 6.00. The van der Waals surface area contributed by atoms with Crippen molar-refractivity contribution in [3.63, 3.8) is 0 Å². The van der Waals surface area contributed by atoms with E-state index in [0.29, 0.717) is 24.7 Å². The summed E-state index contributed by atoms with van der Waals surface area (Å²) < 4.78 is 43.9. The van der Waals surface area contributed by atoms with E-state index in [1.165, 1.54) is 11.3 Å². The van der Waals surface area contributed by atoms with Crippen molar-refractivity contribution >= 4 is 11.3 Å². The molecule has 2 aromatic rings. The summed E-state index contributed by atoms with van der Waals surface area (Å²) in [5, 5.41) is 5.83. The summed E-state index contributed by atoms with van der Waals surface area (Å²) in [6.45, 7) is 2.41. The van der Waals surface area contributed by atoms with Gasteiger partial charge in [-0.05, 0) is 37.8 Å². The van der Waals surface area contributed by atoms with Gasteiger partial charge in [-0.25, -0.2) is 0 Å². The molecule has 22 heavy (non-hydrogen) atoms. The molecule has 2 atom stereocenters. The van der Waals surface area contributed by atoms with E-state index in [0.717, 1.165) is 4.88 Å². The minimum atomic E-state index is -4.14. The topological polar surface area (TPSA) is 42.2 Å². The van der Waals surface area contributed by atoms with Gasteiger partial charge in [0.25, 0.3) is 0 Å². The maximum absolute atomic E-state index is 12.9. The van der Waals surface area contributed by atoms with Crippen molar-refractivity contribution in [2.75, 3.05) is 13.1 Å². The predicted molar refractivity (Wildman–Crippen MR) is 76.4 cm³/mol. The third-order valence-corrected chi connectivity index (χ3v) is 4.87. The van der Waals surface area contributed by atoms with E-state index in [-0.39, 0.29) is 19.0 Å². The highest BCUT2D eigenvalue weighted by Crippen LogP contribution is 2.36. The van der Waals surface area contributed by atoms with Crippen LogP contribution in [0.25, 0.3) is 10.7 Å². The van der Waals surface area contributed by atoms with Gasteiger partial charge in [-0.15, -0.1) is 11.3 Å². The fourth-order valence-corrected chi connectivity index (χ4v) is 3.34. The molecule has 0 bridgehead atoms. The zero-order chi connectivity index (χ0) is 15.7. The minimum absolute atomic E-state index is 0.0125. The number of rotatable bonds is 3. The lowest BCUT2D eigenvalue weighted by molar-refractivity contribution is -0.188. The average molecular weight is 331 g/mol. The third-order valence-electron chi connectivity index (χ3n) is 4.00. The number of alkyl halides is 3. The number of aromatic nitrogens is 2. The summed E-state index contributed by atoms with van der Waals surface area (Å²) in [5.41, 5.74) is 0. The molecule has 0 N–H and O–H groups in total. The Kier molecular flexibility index (Phi) is 4.22. The average Bonchev–Trinajstić information content (AvgIpc) is 3.16. The van der Waals surface area contributed by atoms with Crippen molar-refractivity contribution < 1.29 is 17.7 Å². The first-order chi connectivity index (χ1) is 10.4. The van der Waals surface area contributed by atoms with Gasteiger partial charge >= 0.3 is 6.18 Å². The molecule has 1 fully saturated rings. The Hall–Kier alpha value is -1.41. The number of hydrogen-bond donors (Lipinski definition) is 0. The number of piperidine rings is 1. The van der Waals surface area contributed by atoms with Crippen molar-refractivity contribution in [1.82, 2.24) is 15.0 Å². The Bertz CT molecular complexity index is 611. The smallest absolute Gasteiger partial charge is 0.337 e. The van der Waals surface area contributed by atoms with Crippen LogP contribution in [0.3, 0.4) is 0 Å². The summed E-state index contributed by atoms with van der Waals surface area (Å²) in [5.74, 6) is -0.421. The molecule has 0 saturated carbocycles. The normalized spacial score (nSPS) is 21.9. The maximum Gasteiger partial charge on any atom is 0.393 e. The highest BCUT2D eigenvalue weighted by molar-refractivity contribution is 7.13. The van der Waals surface area contributed by atoms with Crippen LogP contribution in [-0.2, 0) is 0 Å². The summed E-state index contributed by atoms with van der Waals surface area (Å²) in [6, 6.07) is 3.45. The molecular formula is C14H16F3N3OS. The summed E-state index contributed by atoms with van der Waals surface area (Å²) in [6.07, 6.45) is -3.42.